The fourth-order valence-corrected chi connectivity index (χ4v) is 3.11. The van der Waals surface area contributed by atoms with E-state index in [1.54, 1.807) is 17.7 Å². The van der Waals surface area contributed by atoms with Crippen LogP contribution in [0.25, 0.3) is 11.4 Å². The Morgan fingerprint density at radius 1 is 1.48 bits per heavy atom. The molecule has 1 N–H and O–H groups in total. The summed E-state index contributed by atoms with van der Waals surface area (Å²) in [7, 11) is 0. The zero-order valence-corrected chi connectivity index (χ0v) is 12.1. The van der Waals surface area contributed by atoms with Gasteiger partial charge in [-0.2, -0.15) is 21.4 Å². The molecule has 3 aromatic rings. The quantitative estimate of drug-likeness (QED) is 0.786. The standard InChI is InChI=1S/C13H14N6OS/c1-2-11-15-8-16-19(11)6-10(1)14-5-12-17-13(18-20-12)9-3-4-21-7-9/h3-4,7-8,10,14H,1-2,5-6H2. The second-order valence-electron chi connectivity index (χ2n) is 5.00. The van der Waals surface area contributed by atoms with Crippen molar-refractivity contribution < 1.29 is 4.52 Å². The second-order valence-corrected chi connectivity index (χ2v) is 5.78. The number of thiophene rings is 1. The molecular formula is C13H14N6OS. The molecule has 0 spiro atoms. The van der Waals surface area contributed by atoms with Crippen molar-refractivity contribution in [2.45, 2.75) is 32.0 Å². The van der Waals surface area contributed by atoms with Gasteiger partial charge in [-0.05, 0) is 17.9 Å². The highest BCUT2D eigenvalue weighted by Crippen LogP contribution is 2.19. The van der Waals surface area contributed by atoms with Crippen LogP contribution in [0.5, 0.6) is 0 Å². The molecule has 0 aliphatic carbocycles. The summed E-state index contributed by atoms with van der Waals surface area (Å²) in [5.74, 6) is 2.32. The van der Waals surface area contributed by atoms with Crippen LogP contribution in [0.15, 0.2) is 27.7 Å². The molecule has 1 aliphatic rings. The Bertz CT molecular complexity index is 719. The zero-order valence-electron chi connectivity index (χ0n) is 11.3. The Hall–Kier alpha value is -2.06. The van der Waals surface area contributed by atoms with Crippen LogP contribution in [0.1, 0.15) is 18.1 Å². The SMILES string of the molecule is c1nc2n(n1)CC(NCc1nc(-c3ccsc3)no1)CC2. The van der Waals surface area contributed by atoms with Crippen LogP contribution in [-0.4, -0.2) is 30.9 Å². The third kappa shape index (κ3) is 2.59. The number of aryl methyl sites for hydroxylation is 1. The van der Waals surface area contributed by atoms with Gasteiger partial charge in [0.2, 0.25) is 11.7 Å². The Morgan fingerprint density at radius 3 is 3.38 bits per heavy atom. The van der Waals surface area contributed by atoms with Crippen molar-refractivity contribution in [2.75, 3.05) is 0 Å². The first kappa shape index (κ1) is 12.7. The molecule has 0 saturated carbocycles. The van der Waals surface area contributed by atoms with Gasteiger partial charge in [-0.15, -0.1) is 0 Å². The summed E-state index contributed by atoms with van der Waals surface area (Å²) in [6, 6.07) is 2.34. The third-order valence-electron chi connectivity index (χ3n) is 3.59. The maximum absolute atomic E-state index is 5.28. The average molecular weight is 302 g/mol. The molecule has 0 radical (unpaired) electrons. The van der Waals surface area contributed by atoms with Gasteiger partial charge in [-0.1, -0.05) is 5.16 Å². The predicted molar refractivity (Wildman–Crippen MR) is 76.6 cm³/mol. The maximum Gasteiger partial charge on any atom is 0.240 e. The first-order valence-corrected chi connectivity index (χ1v) is 7.78. The van der Waals surface area contributed by atoms with Gasteiger partial charge in [-0.3, -0.25) is 0 Å². The van der Waals surface area contributed by atoms with Crippen LogP contribution in [0.4, 0.5) is 0 Å². The molecule has 0 bridgehead atoms. The van der Waals surface area contributed by atoms with Crippen molar-refractivity contribution in [3.63, 3.8) is 0 Å². The van der Waals surface area contributed by atoms with E-state index in [0.29, 0.717) is 24.3 Å². The van der Waals surface area contributed by atoms with Gasteiger partial charge >= 0.3 is 0 Å². The molecule has 7 nitrogen and oxygen atoms in total. The summed E-state index contributed by atoms with van der Waals surface area (Å²) in [5.41, 5.74) is 1.000. The van der Waals surface area contributed by atoms with Gasteiger partial charge in [0, 0.05) is 23.4 Å². The third-order valence-corrected chi connectivity index (χ3v) is 4.28. The molecule has 0 saturated heterocycles. The molecule has 21 heavy (non-hydrogen) atoms. The van der Waals surface area contributed by atoms with Gasteiger partial charge < -0.3 is 9.84 Å². The number of aromatic nitrogens is 5. The summed E-state index contributed by atoms with van der Waals surface area (Å²) in [6.07, 6.45) is 3.61. The zero-order chi connectivity index (χ0) is 14.1. The van der Waals surface area contributed by atoms with E-state index in [4.69, 9.17) is 4.52 Å². The predicted octanol–water partition coefficient (Wildman–Crippen LogP) is 1.49. The smallest absolute Gasteiger partial charge is 0.240 e. The number of rotatable bonds is 4. The number of fused-ring (bicyclic) bond motifs is 1. The minimum Gasteiger partial charge on any atom is -0.338 e. The topological polar surface area (TPSA) is 81.7 Å². The largest absolute Gasteiger partial charge is 0.338 e. The van der Waals surface area contributed by atoms with Crippen molar-refractivity contribution in [1.82, 2.24) is 30.2 Å². The van der Waals surface area contributed by atoms with Gasteiger partial charge in [0.1, 0.15) is 12.2 Å². The molecule has 0 aromatic carbocycles. The summed E-state index contributed by atoms with van der Waals surface area (Å²) in [4.78, 5) is 8.63. The first-order chi connectivity index (χ1) is 10.4. The van der Waals surface area contributed by atoms with Crippen molar-refractivity contribution >= 4 is 11.3 Å². The van der Waals surface area contributed by atoms with Crippen LogP contribution in [-0.2, 0) is 19.5 Å². The van der Waals surface area contributed by atoms with Crippen molar-refractivity contribution in [3.8, 4) is 11.4 Å². The molecule has 3 aromatic heterocycles. The Labute approximate surface area is 125 Å². The molecule has 0 fully saturated rings. The van der Waals surface area contributed by atoms with Crippen molar-refractivity contribution in [2.24, 2.45) is 0 Å². The highest BCUT2D eigenvalue weighted by atomic mass is 32.1. The molecule has 0 amide bonds. The van der Waals surface area contributed by atoms with Crippen LogP contribution in [0.2, 0.25) is 0 Å². The van der Waals surface area contributed by atoms with Crippen LogP contribution < -0.4 is 5.32 Å². The second kappa shape index (κ2) is 5.38. The van der Waals surface area contributed by atoms with Crippen molar-refractivity contribution in [3.05, 3.63) is 34.9 Å². The molecule has 8 heteroatoms. The van der Waals surface area contributed by atoms with Crippen molar-refractivity contribution in [1.29, 1.82) is 0 Å². The summed E-state index contributed by atoms with van der Waals surface area (Å²) in [5, 5.41) is 15.7. The molecule has 1 atom stereocenters. The highest BCUT2D eigenvalue weighted by Gasteiger charge is 2.20. The van der Waals surface area contributed by atoms with E-state index < -0.39 is 0 Å². The Morgan fingerprint density at radius 2 is 2.48 bits per heavy atom. The van der Waals surface area contributed by atoms with Gasteiger partial charge in [0.25, 0.3) is 0 Å². The van der Waals surface area contributed by atoms with E-state index in [1.165, 1.54) is 0 Å². The lowest BCUT2D eigenvalue weighted by molar-refractivity contribution is 0.320. The van der Waals surface area contributed by atoms with E-state index in [-0.39, 0.29) is 0 Å². The normalized spacial score (nSPS) is 17.8. The lowest BCUT2D eigenvalue weighted by atomic mass is 10.1. The Kier molecular flexibility index (Phi) is 3.24. The van der Waals surface area contributed by atoms with Gasteiger partial charge in [-0.25, -0.2) is 9.67 Å². The van der Waals surface area contributed by atoms with E-state index in [2.05, 4.69) is 25.5 Å². The number of hydrogen-bond donors (Lipinski definition) is 1. The molecule has 1 unspecified atom stereocenters. The van der Waals surface area contributed by atoms with E-state index >= 15 is 0 Å². The summed E-state index contributed by atoms with van der Waals surface area (Å²) < 4.78 is 7.23. The molecule has 108 valence electrons. The van der Waals surface area contributed by atoms with Crippen LogP contribution >= 0.6 is 11.3 Å². The van der Waals surface area contributed by atoms with Crippen LogP contribution in [0, 0.1) is 0 Å². The lowest BCUT2D eigenvalue weighted by Gasteiger charge is -2.22. The fraction of sp³-hybridized carbons (Fsp3) is 0.385. The summed E-state index contributed by atoms with van der Waals surface area (Å²) >= 11 is 1.62. The average Bonchev–Trinajstić information content (AvgIpc) is 3.24. The minimum absolute atomic E-state index is 0.357. The lowest BCUT2D eigenvalue weighted by Crippen LogP contribution is -2.37. The molecule has 1 aliphatic heterocycles. The molecular weight excluding hydrogens is 288 g/mol. The number of nitrogens with zero attached hydrogens (tertiary/aromatic N) is 5. The fourth-order valence-electron chi connectivity index (χ4n) is 2.47. The molecule has 4 rings (SSSR count). The first-order valence-electron chi connectivity index (χ1n) is 6.84. The number of hydrogen-bond acceptors (Lipinski definition) is 7. The summed E-state index contributed by atoms with van der Waals surface area (Å²) in [6.45, 7) is 1.41. The van der Waals surface area contributed by atoms with Crippen LogP contribution in [0.3, 0.4) is 0 Å². The molecule has 4 heterocycles. The van der Waals surface area contributed by atoms with Gasteiger partial charge in [0.15, 0.2) is 0 Å². The minimum atomic E-state index is 0.357. The highest BCUT2D eigenvalue weighted by molar-refractivity contribution is 7.08. The van der Waals surface area contributed by atoms with E-state index in [0.717, 1.165) is 30.8 Å². The maximum atomic E-state index is 5.28. The Balaban J connectivity index is 1.37. The van der Waals surface area contributed by atoms with E-state index in [9.17, 15) is 0 Å². The van der Waals surface area contributed by atoms with E-state index in [1.807, 2.05) is 21.5 Å². The van der Waals surface area contributed by atoms with Gasteiger partial charge in [0.05, 0.1) is 13.1 Å². The monoisotopic (exact) mass is 302 g/mol. The number of nitrogens with one attached hydrogen (secondary N) is 1.